The lowest BCUT2D eigenvalue weighted by molar-refractivity contribution is -0.123. The molecule has 6 heteroatoms. The Balaban J connectivity index is 1.65. The minimum absolute atomic E-state index is 0.0282. The molecular weight excluding hydrogens is 272 g/mol. The smallest absolute Gasteiger partial charge is 0.238 e. The highest BCUT2D eigenvalue weighted by Gasteiger charge is 2.39. The first-order valence-corrected chi connectivity index (χ1v) is 7.63. The number of imidazole rings is 1. The van der Waals surface area contributed by atoms with E-state index in [9.17, 15) is 4.79 Å². The summed E-state index contributed by atoms with van der Waals surface area (Å²) in [4.78, 5) is 19.9. The fourth-order valence-electron chi connectivity index (χ4n) is 2.41. The summed E-state index contributed by atoms with van der Waals surface area (Å²) in [5, 5.41) is 6.18. The molecule has 3 rings (SSSR count). The molecule has 0 radical (unpaired) electrons. The van der Waals surface area contributed by atoms with Gasteiger partial charge in [0.1, 0.15) is 11.9 Å². The van der Waals surface area contributed by atoms with Gasteiger partial charge in [0.25, 0.3) is 0 Å². The molecule has 1 aliphatic heterocycles. The van der Waals surface area contributed by atoms with Crippen molar-refractivity contribution in [3.05, 3.63) is 30.1 Å². The molecule has 5 nitrogen and oxygen atoms in total. The lowest BCUT2D eigenvalue weighted by atomic mass is 10.0. The zero-order valence-corrected chi connectivity index (χ0v) is 12.4. The molecule has 20 heavy (non-hydrogen) atoms. The lowest BCUT2D eigenvalue weighted by Crippen LogP contribution is -2.49. The normalized spacial score (nSPS) is 21.2. The summed E-state index contributed by atoms with van der Waals surface area (Å²) in [6.45, 7) is 4.60. The second-order valence-electron chi connectivity index (χ2n) is 5.45. The summed E-state index contributed by atoms with van der Waals surface area (Å²) in [5.41, 5.74) is 1.92. The average molecular weight is 290 g/mol. The maximum Gasteiger partial charge on any atom is 0.238 e. The van der Waals surface area contributed by atoms with Gasteiger partial charge < -0.3 is 10.3 Å². The quantitative estimate of drug-likeness (QED) is 0.803. The van der Waals surface area contributed by atoms with E-state index >= 15 is 0 Å². The number of carbonyl (C=O) groups excluding carboxylic acids is 1. The second-order valence-corrected chi connectivity index (χ2v) is 7.08. The largest absolute Gasteiger partial charge is 0.347 e. The van der Waals surface area contributed by atoms with Gasteiger partial charge in [-0.05, 0) is 26.0 Å². The Bertz CT molecular complexity index is 604. The first-order chi connectivity index (χ1) is 9.56. The van der Waals surface area contributed by atoms with Gasteiger partial charge in [-0.1, -0.05) is 12.1 Å². The number of amides is 1. The fourth-order valence-corrected chi connectivity index (χ4v) is 3.39. The van der Waals surface area contributed by atoms with E-state index in [-0.39, 0.29) is 16.7 Å². The van der Waals surface area contributed by atoms with E-state index in [0.717, 1.165) is 22.7 Å². The number of hydrogen-bond donors (Lipinski definition) is 3. The molecule has 1 aromatic carbocycles. The fraction of sp³-hybridized carbons (Fsp3) is 0.429. The SMILES string of the molecule is CC1(C)SCNC1C(=O)NCc1nc2ccccc2[nH]1. The number of fused-ring (bicyclic) bond motifs is 1. The monoisotopic (exact) mass is 290 g/mol. The van der Waals surface area contributed by atoms with Gasteiger partial charge in [0.2, 0.25) is 5.91 Å². The predicted molar refractivity (Wildman–Crippen MR) is 81.4 cm³/mol. The summed E-state index contributed by atoms with van der Waals surface area (Å²) in [7, 11) is 0. The Kier molecular flexibility index (Phi) is 3.43. The minimum Gasteiger partial charge on any atom is -0.347 e. The molecule has 1 atom stereocenters. The zero-order valence-electron chi connectivity index (χ0n) is 11.6. The van der Waals surface area contributed by atoms with E-state index in [4.69, 9.17) is 0 Å². The Hall–Kier alpha value is -1.53. The number of aromatic nitrogens is 2. The van der Waals surface area contributed by atoms with Gasteiger partial charge in [-0.3, -0.25) is 10.1 Å². The van der Waals surface area contributed by atoms with E-state index in [1.54, 1.807) is 11.8 Å². The number of nitrogens with one attached hydrogen (secondary N) is 3. The molecule has 1 aliphatic rings. The minimum atomic E-state index is -0.156. The van der Waals surface area contributed by atoms with E-state index in [1.165, 1.54) is 0 Å². The highest BCUT2D eigenvalue weighted by Crippen LogP contribution is 2.32. The molecule has 2 heterocycles. The third kappa shape index (κ3) is 2.53. The second kappa shape index (κ2) is 5.10. The van der Waals surface area contributed by atoms with Crippen molar-refractivity contribution in [1.29, 1.82) is 0 Å². The Labute approximate surface area is 121 Å². The first-order valence-electron chi connectivity index (χ1n) is 6.65. The van der Waals surface area contributed by atoms with Gasteiger partial charge in [-0.15, -0.1) is 11.8 Å². The van der Waals surface area contributed by atoms with Gasteiger partial charge >= 0.3 is 0 Å². The van der Waals surface area contributed by atoms with Crippen molar-refractivity contribution >= 4 is 28.7 Å². The van der Waals surface area contributed by atoms with Crippen LogP contribution in [0.1, 0.15) is 19.7 Å². The van der Waals surface area contributed by atoms with Crippen molar-refractivity contribution in [1.82, 2.24) is 20.6 Å². The summed E-state index contributed by atoms with van der Waals surface area (Å²) < 4.78 is -0.0715. The van der Waals surface area contributed by atoms with Crippen molar-refractivity contribution < 1.29 is 4.79 Å². The predicted octanol–water partition coefficient (Wildman–Crippen LogP) is 1.62. The van der Waals surface area contributed by atoms with Crippen LogP contribution in [0.4, 0.5) is 0 Å². The third-order valence-corrected chi connectivity index (χ3v) is 4.85. The molecular formula is C14H18N4OS. The number of para-hydroxylation sites is 2. The molecule has 1 saturated heterocycles. The Morgan fingerprint density at radius 1 is 1.50 bits per heavy atom. The summed E-state index contributed by atoms with van der Waals surface area (Å²) >= 11 is 1.77. The number of benzene rings is 1. The van der Waals surface area contributed by atoms with Gasteiger partial charge in [0, 0.05) is 10.6 Å². The molecule has 106 valence electrons. The third-order valence-electron chi connectivity index (χ3n) is 3.56. The van der Waals surface area contributed by atoms with Gasteiger partial charge in [0.15, 0.2) is 0 Å². The highest BCUT2D eigenvalue weighted by atomic mass is 32.2. The van der Waals surface area contributed by atoms with Crippen LogP contribution in [0.5, 0.6) is 0 Å². The molecule has 0 saturated carbocycles. The van der Waals surface area contributed by atoms with Crippen LogP contribution in [0.25, 0.3) is 11.0 Å². The summed E-state index contributed by atoms with van der Waals surface area (Å²) in [6.07, 6.45) is 0. The summed E-state index contributed by atoms with van der Waals surface area (Å²) in [5.74, 6) is 1.62. The number of H-pyrrole nitrogens is 1. The summed E-state index contributed by atoms with van der Waals surface area (Å²) in [6, 6.07) is 7.69. The topological polar surface area (TPSA) is 69.8 Å². The number of aromatic amines is 1. The van der Waals surface area contributed by atoms with Crippen molar-refractivity contribution in [3.63, 3.8) is 0 Å². The first kappa shape index (κ1) is 13.5. The van der Waals surface area contributed by atoms with Gasteiger partial charge in [-0.2, -0.15) is 0 Å². The molecule has 1 unspecified atom stereocenters. The van der Waals surface area contributed by atoms with E-state index < -0.39 is 0 Å². The van der Waals surface area contributed by atoms with Crippen molar-refractivity contribution in [3.8, 4) is 0 Å². The van der Waals surface area contributed by atoms with Crippen LogP contribution in [0, 0.1) is 0 Å². The van der Waals surface area contributed by atoms with Crippen LogP contribution in [0.3, 0.4) is 0 Å². The number of nitrogens with zero attached hydrogens (tertiary/aromatic N) is 1. The maximum atomic E-state index is 12.2. The molecule has 0 aliphatic carbocycles. The van der Waals surface area contributed by atoms with E-state index in [0.29, 0.717) is 6.54 Å². The van der Waals surface area contributed by atoms with Gasteiger partial charge in [0.05, 0.1) is 17.6 Å². The molecule has 2 aromatic rings. The average Bonchev–Trinajstić information content (AvgIpc) is 2.98. The Morgan fingerprint density at radius 3 is 3.00 bits per heavy atom. The van der Waals surface area contributed by atoms with Crippen LogP contribution < -0.4 is 10.6 Å². The lowest BCUT2D eigenvalue weighted by Gasteiger charge is -2.24. The molecule has 1 amide bonds. The van der Waals surface area contributed by atoms with Crippen LogP contribution >= 0.6 is 11.8 Å². The number of rotatable bonds is 3. The highest BCUT2D eigenvalue weighted by molar-refractivity contribution is 8.00. The van der Waals surface area contributed by atoms with Crippen molar-refractivity contribution in [2.45, 2.75) is 31.2 Å². The van der Waals surface area contributed by atoms with Crippen LogP contribution in [0.15, 0.2) is 24.3 Å². The van der Waals surface area contributed by atoms with Crippen LogP contribution in [0.2, 0.25) is 0 Å². The van der Waals surface area contributed by atoms with E-state index in [1.807, 2.05) is 24.3 Å². The number of thioether (sulfide) groups is 1. The molecule has 1 fully saturated rings. The molecule has 0 bridgehead atoms. The number of hydrogen-bond acceptors (Lipinski definition) is 4. The van der Waals surface area contributed by atoms with Crippen LogP contribution in [-0.4, -0.2) is 32.5 Å². The molecule has 1 aromatic heterocycles. The number of carbonyl (C=O) groups is 1. The van der Waals surface area contributed by atoms with Crippen LogP contribution in [-0.2, 0) is 11.3 Å². The zero-order chi connectivity index (χ0) is 14.2. The standard InChI is InChI=1S/C14H18N4OS/c1-14(2)12(16-8-20-14)13(19)15-7-11-17-9-5-3-4-6-10(9)18-11/h3-6,12,16H,7-8H2,1-2H3,(H,15,19)(H,17,18). The molecule has 0 spiro atoms. The van der Waals surface area contributed by atoms with Gasteiger partial charge in [-0.25, -0.2) is 4.98 Å². The van der Waals surface area contributed by atoms with Crippen molar-refractivity contribution in [2.24, 2.45) is 0 Å². The van der Waals surface area contributed by atoms with Crippen molar-refractivity contribution in [2.75, 3.05) is 5.88 Å². The Morgan fingerprint density at radius 2 is 2.30 bits per heavy atom. The molecule has 3 N–H and O–H groups in total. The maximum absolute atomic E-state index is 12.2. The van der Waals surface area contributed by atoms with E-state index in [2.05, 4.69) is 34.4 Å².